The lowest BCUT2D eigenvalue weighted by atomic mass is 10.0. The van der Waals surface area contributed by atoms with Crippen LogP contribution >= 0.6 is 0 Å². The van der Waals surface area contributed by atoms with Crippen LogP contribution in [-0.2, 0) is 20.7 Å². The summed E-state index contributed by atoms with van der Waals surface area (Å²) in [5, 5.41) is 8.96. The molecule has 1 unspecified atom stereocenters. The molecule has 2 aliphatic rings. The van der Waals surface area contributed by atoms with Crippen LogP contribution in [0.25, 0.3) is 0 Å². The van der Waals surface area contributed by atoms with Gasteiger partial charge in [0.1, 0.15) is 5.75 Å². The average Bonchev–Trinajstić information content (AvgIpc) is 2.99. The minimum Gasteiger partial charge on any atom is -0.481 e. The third kappa shape index (κ3) is 3.64. The van der Waals surface area contributed by atoms with Crippen molar-refractivity contribution in [3.63, 3.8) is 0 Å². The Bertz CT molecular complexity index is 557. The monoisotopic (exact) mass is 319 g/mol. The third-order valence-electron chi connectivity index (χ3n) is 4.40. The molecule has 1 N–H and O–H groups in total. The van der Waals surface area contributed by atoms with Gasteiger partial charge in [0.15, 0.2) is 6.10 Å². The van der Waals surface area contributed by atoms with Gasteiger partial charge in [0.2, 0.25) is 0 Å². The number of nitrogens with zero attached hydrogens (tertiary/aromatic N) is 1. The molecule has 0 spiro atoms. The fourth-order valence-corrected chi connectivity index (χ4v) is 3.19. The van der Waals surface area contributed by atoms with Crippen LogP contribution in [0.15, 0.2) is 24.3 Å². The SMILES string of the molecule is O=C(O)CCN(C(=O)C1Cc2ccccc2O1)C1CCOCC1. The number of aliphatic carboxylic acids is 1. The largest absolute Gasteiger partial charge is 0.481 e. The Balaban J connectivity index is 1.71. The van der Waals surface area contributed by atoms with Gasteiger partial charge in [0.25, 0.3) is 5.91 Å². The highest BCUT2D eigenvalue weighted by atomic mass is 16.5. The number of hydrogen-bond acceptors (Lipinski definition) is 4. The molecule has 1 amide bonds. The van der Waals surface area contributed by atoms with E-state index in [0.717, 1.165) is 24.2 Å². The van der Waals surface area contributed by atoms with Crippen molar-refractivity contribution in [3.8, 4) is 5.75 Å². The highest BCUT2D eigenvalue weighted by molar-refractivity contribution is 5.83. The van der Waals surface area contributed by atoms with Crippen molar-refractivity contribution in [1.29, 1.82) is 0 Å². The van der Waals surface area contributed by atoms with Gasteiger partial charge in [-0.15, -0.1) is 0 Å². The number of ether oxygens (including phenoxy) is 2. The first-order chi connectivity index (χ1) is 11.1. The summed E-state index contributed by atoms with van der Waals surface area (Å²) in [4.78, 5) is 25.5. The van der Waals surface area contributed by atoms with Gasteiger partial charge >= 0.3 is 5.97 Å². The summed E-state index contributed by atoms with van der Waals surface area (Å²) in [5.41, 5.74) is 1.02. The predicted octanol–water partition coefficient (Wildman–Crippen LogP) is 1.47. The number of benzene rings is 1. The van der Waals surface area contributed by atoms with Crippen molar-refractivity contribution in [2.24, 2.45) is 0 Å². The maximum atomic E-state index is 12.9. The van der Waals surface area contributed by atoms with Crippen LogP contribution in [0.3, 0.4) is 0 Å². The maximum Gasteiger partial charge on any atom is 0.305 e. The van der Waals surface area contributed by atoms with Gasteiger partial charge in [-0.2, -0.15) is 0 Å². The van der Waals surface area contributed by atoms with Gasteiger partial charge in [-0.1, -0.05) is 18.2 Å². The first-order valence-electron chi connectivity index (χ1n) is 7.99. The molecule has 0 radical (unpaired) electrons. The van der Waals surface area contributed by atoms with Crippen LogP contribution in [0.4, 0.5) is 0 Å². The molecule has 2 aliphatic heterocycles. The molecule has 6 nitrogen and oxygen atoms in total. The molecule has 23 heavy (non-hydrogen) atoms. The number of rotatable bonds is 5. The molecule has 0 bridgehead atoms. The van der Waals surface area contributed by atoms with E-state index in [0.29, 0.717) is 19.6 Å². The summed E-state index contributed by atoms with van der Waals surface area (Å²) < 4.78 is 11.1. The lowest BCUT2D eigenvalue weighted by molar-refractivity contribution is -0.144. The summed E-state index contributed by atoms with van der Waals surface area (Å²) in [6, 6.07) is 7.65. The van der Waals surface area contributed by atoms with E-state index in [9.17, 15) is 9.59 Å². The highest BCUT2D eigenvalue weighted by Gasteiger charge is 2.35. The molecule has 1 fully saturated rings. The van der Waals surface area contributed by atoms with E-state index in [-0.39, 0.29) is 24.9 Å². The molecule has 0 aromatic heterocycles. The lowest BCUT2D eigenvalue weighted by Crippen LogP contribution is -2.49. The van der Waals surface area contributed by atoms with Crippen molar-refractivity contribution in [2.45, 2.75) is 37.8 Å². The maximum absolute atomic E-state index is 12.9. The minimum atomic E-state index is -0.898. The third-order valence-corrected chi connectivity index (χ3v) is 4.40. The van der Waals surface area contributed by atoms with Crippen molar-refractivity contribution >= 4 is 11.9 Å². The summed E-state index contributed by atoms with van der Waals surface area (Å²) in [5.74, 6) is -0.268. The number of carboxylic acid groups (broad SMARTS) is 1. The smallest absolute Gasteiger partial charge is 0.305 e. The van der Waals surface area contributed by atoms with Crippen molar-refractivity contribution in [1.82, 2.24) is 4.90 Å². The van der Waals surface area contributed by atoms with Crippen LogP contribution in [-0.4, -0.2) is 53.8 Å². The second-order valence-electron chi connectivity index (χ2n) is 5.94. The molecular formula is C17H21NO5. The molecule has 3 rings (SSSR count). The average molecular weight is 319 g/mol. The summed E-state index contributed by atoms with van der Waals surface area (Å²) in [6.07, 6.45) is 1.42. The lowest BCUT2D eigenvalue weighted by Gasteiger charge is -2.35. The standard InChI is InChI=1S/C17H21NO5/c19-16(20)5-8-18(13-6-9-22-10-7-13)17(21)15-11-12-3-1-2-4-14(12)23-15/h1-4,13,15H,5-11H2,(H,19,20). The van der Waals surface area contributed by atoms with Crippen molar-refractivity contribution in [2.75, 3.05) is 19.8 Å². The Kier molecular flexibility index (Phi) is 4.81. The summed E-state index contributed by atoms with van der Waals surface area (Å²) in [6.45, 7) is 1.43. The van der Waals surface area contributed by atoms with Crippen molar-refractivity contribution in [3.05, 3.63) is 29.8 Å². The molecule has 1 aromatic rings. The molecule has 1 aromatic carbocycles. The Morgan fingerprint density at radius 2 is 1.96 bits per heavy atom. The number of carbonyl (C=O) groups excluding carboxylic acids is 1. The number of para-hydroxylation sites is 1. The normalized spacial score (nSPS) is 20.6. The van der Waals surface area contributed by atoms with E-state index in [1.807, 2.05) is 24.3 Å². The Morgan fingerprint density at radius 3 is 2.65 bits per heavy atom. The van der Waals surface area contributed by atoms with Crippen LogP contribution in [0, 0.1) is 0 Å². The summed E-state index contributed by atoms with van der Waals surface area (Å²) in [7, 11) is 0. The van der Waals surface area contributed by atoms with Crippen LogP contribution < -0.4 is 4.74 Å². The van der Waals surface area contributed by atoms with E-state index in [1.54, 1.807) is 4.90 Å². The molecule has 1 atom stereocenters. The fraction of sp³-hybridized carbons (Fsp3) is 0.529. The second kappa shape index (κ2) is 7.00. The predicted molar refractivity (Wildman–Crippen MR) is 82.4 cm³/mol. The van der Waals surface area contributed by atoms with Gasteiger partial charge < -0.3 is 19.5 Å². The van der Waals surface area contributed by atoms with Crippen LogP contribution in [0.2, 0.25) is 0 Å². The van der Waals surface area contributed by atoms with Gasteiger partial charge in [-0.05, 0) is 24.5 Å². The first kappa shape index (κ1) is 15.8. The number of carboxylic acids is 1. The minimum absolute atomic E-state index is 0.0305. The Hall–Kier alpha value is -2.08. The molecule has 2 heterocycles. The topological polar surface area (TPSA) is 76.1 Å². The van der Waals surface area contributed by atoms with E-state index in [2.05, 4.69) is 0 Å². The fourth-order valence-electron chi connectivity index (χ4n) is 3.19. The first-order valence-corrected chi connectivity index (χ1v) is 7.99. The Morgan fingerprint density at radius 1 is 1.22 bits per heavy atom. The van der Waals surface area contributed by atoms with Gasteiger partial charge in [-0.3, -0.25) is 9.59 Å². The second-order valence-corrected chi connectivity index (χ2v) is 5.94. The molecule has 1 saturated heterocycles. The van der Waals surface area contributed by atoms with Crippen molar-refractivity contribution < 1.29 is 24.2 Å². The quantitative estimate of drug-likeness (QED) is 0.889. The molecule has 124 valence electrons. The van der Waals surface area contributed by atoms with E-state index in [4.69, 9.17) is 14.6 Å². The van der Waals surface area contributed by atoms with Gasteiger partial charge in [-0.25, -0.2) is 0 Å². The zero-order chi connectivity index (χ0) is 16.2. The molecular weight excluding hydrogens is 298 g/mol. The zero-order valence-electron chi connectivity index (χ0n) is 12.9. The number of fused-ring (bicyclic) bond motifs is 1. The van der Waals surface area contributed by atoms with E-state index < -0.39 is 12.1 Å². The van der Waals surface area contributed by atoms with Gasteiger partial charge in [0, 0.05) is 32.2 Å². The highest BCUT2D eigenvalue weighted by Crippen LogP contribution is 2.30. The van der Waals surface area contributed by atoms with E-state index in [1.165, 1.54) is 0 Å². The zero-order valence-corrected chi connectivity index (χ0v) is 12.9. The van der Waals surface area contributed by atoms with Crippen LogP contribution in [0.5, 0.6) is 5.75 Å². The molecule has 0 aliphatic carbocycles. The summed E-state index contributed by atoms with van der Waals surface area (Å²) >= 11 is 0. The number of hydrogen-bond donors (Lipinski definition) is 1. The number of amides is 1. The van der Waals surface area contributed by atoms with Gasteiger partial charge in [0.05, 0.1) is 6.42 Å². The van der Waals surface area contributed by atoms with E-state index >= 15 is 0 Å². The Labute approximate surface area is 135 Å². The molecule has 0 saturated carbocycles. The van der Waals surface area contributed by atoms with Crippen LogP contribution in [0.1, 0.15) is 24.8 Å². The number of carbonyl (C=O) groups is 2. The molecule has 6 heteroatoms.